The lowest BCUT2D eigenvalue weighted by Gasteiger charge is -2.14. The number of nitrogens with zero attached hydrogens (tertiary/aromatic N) is 2. The third-order valence-corrected chi connectivity index (χ3v) is 3.89. The van der Waals surface area contributed by atoms with E-state index < -0.39 is 5.97 Å². The number of nitriles is 1. The molecule has 8 heteroatoms. The van der Waals surface area contributed by atoms with Crippen LogP contribution in [0.3, 0.4) is 0 Å². The molecule has 3 N–H and O–H groups in total. The molecule has 0 radical (unpaired) electrons. The molecule has 0 aliphatic rings. The van der Waals surface area contributed by atoms with E-state index in [1.54, 1.807) is 48.8 Å². The van der Waals surface area contributed by atoms with Gasteiger partial charge in [-0.05, 0) is 30.5 Å². The van der Waals surface area contributed by atoms with Gasteiger partial charge in [-0.2, -0.15) is 5.26 Å². The van der Waals surface area contributed by atoms with Gasteiger partial charge in [0.1, 0.15) is 0 Å². The van der Waals surface area contributed by atoms with Crippen molar-refractivity contribution in [3.05, 3.63) is 53.1 Å². The predicted molar refractivity (Wildman–Crippen MR) is 97.5 cm³/mol. The average molecular weight is 361 g/mol. The summed E-state index contributed by atoms with van der Waals surface area (Å²) in [4.78, 5) is 15.8. The Hall–Kier alpha value is -2.69. The van der Waals surface area contributed by atoms with Crippen LogP contribution in [0, 0.1) is 11.5 Å². The average Bonchev–Trinajstić information content (AvgIpc) is 2.57. The number of aromatic carboxylic acids is 1. The van der Waals surface area contributed by atoms with Crippen LogP contribution < -0.4 is 10.6 Å². The van der Waals surface area contributed by atoms with Crippen molar-refractivity contribution >= 4 is 51.6 Å². The fourth-order valence-corrected chi connectivity index (χ4v) is 2.44. The summed E-state index contributed by atoms with van der Waals surface area (Å²) in [6.45, 7) is 0. The second-order valence-corrected chi connectivity index (χ2v) is 5.67. The van der Waals surface area contributed by atoms with E-state index in [1.807, 2.05) is 0 Å². The smallest absolute Gasteiger partial charge is 0.337 e. The maximum absolute atomic E-state index is 11.5. The van der Waals surface area contributed by atoms with Gasteiger partial charge in [0.2, 0.25) is 0 Å². The van der Waals surface area contributed by atoms with E-state index in [2.05, 4.69) is 15.6 Å². The van der Waals surface area contributed by atoms with Gasteiger partial charge >= 0.3 is 5.97 Å². The topological polar surface area (TPSA) is 97.5 Å². The summed E-state index contributed by atoms with van der Waals surface area (Å²) in [7, 11) is 0. The summed E-state index contributed by atoms with van der Waals surface area (Å²) in [5, 5.41) is 24.5. The van der Waals surface area contributed by atoms with E-state index in [0.717, 1.165) is 0 Å². The van der Waals surface area contributed by atoms with Gasteiger partial charge in [0.25, 0.3) is 0 Å². The predicted octanol–water partition coefficient (Wildman–Crippen LogP) is 4.20. The molecule has 0 aliphatic heterocycles. The fraction of sp³-hybridized carbons (Fsp3) is 0.0625. The number of hydrogen-bond donors (Lipinski definition) is 3. The molecule has 0 saturated heterocycles. The number of hydrogen-bond acceptors (Lipinski definition) is 5. The summed E-state index contributed by atoms with van der Waals surface area (Å²) in [6.07, 6.45) is 3.55. The third-order valence-electron chi connectivity index (χ3n) is 2.98. The lowest BCUT2D eigenvalue weighted by Crippen LogP contribution is -2.13. The summed E-state index contributed by atoms with van der Waals surface area (Å²) in [6, 6.07) is 11.7. The minimum Gasteiger partial charge on any atom is -0.478 e. The molecule has 0 atom stereocenters. The van der Waals surface area contributed by atoms with Gasteiger partial charge in [0, 0.05) is 0 Å². The van der Waals surface area contributed by atoms with Crippen molar-refractivity contribution in [2.45, 2.75) is 0 Å². The molecule has 0 saturated carbocycles. The molecule has 2 aromatic carbocycles. The number of benzene rings is 2. The number of thioether (sulfide) groups is 1. The quantitative estimate of drug-likeness (QED) is 0.327. The van der Waals surface area contributed by atoms with Gasteiger partial charge in [-0.1, -0.05) is 41.6 Å². The minimum absolute atomic E-state index is 0.0496. The van der Waals surface area contributed by atoms with E-state index >= 15 is 0 Å². The van der Waals surface area contributed by atoms with Crippen LogP contribution >= 0.6 is 23.4 Å². The van der Waals surface area contributed by atoms with Crippen LogP contribution in [0.15, 0.2) is 47.5 Å². The van der Waals surface area contributed by atoms with Crippen molar-refractivity contribution in [2.24, 2.45) is 4.99 Å². The molecule has 0 aliphatic carbocycles. The van der Waals surface area contributed by atoms with Crippen molar-refractivity contribution in [3.8, 4) is 6.19 Å². The summed E-state index contributed by atoms with van der Waals surface area (Å²) >= 11 is 7.37. The molecular formula is C16H13ClN4O2S. The van der Waals surface area contributed by atoms with Crippen molar-refractivity contribution in [1.82, 2.24) is 5.32 Å². The summed E-state index contributed by atoms with van der Waals surface area (Å²) in [5.74, 6) is -1.10. The first-order valence-corrected chi connectivity index (χ1v) is 8.32. The van der Waals surface area contributed by atoms with Gasteiger partial charge in [-0.15, -0.1) is 0 Å². The number of carboxylic acids is 1. The van der Waals surface area contributed by atoms with Gasteiger partial charge < -0.3 is 10.4 Å². The highest BCUT2D eigenvalue weighted by atomic mass is 35.5. The number of para-hydroxylation sites is 2. The van der Waals surface area contributed by atoms with Gasteiger partial charge in [-0.3, -0.25) is 5.32 Å². The molecule has 2 rings (SSSR count). The molecule has 0 bridgehead atoms. The lowest BCUT2D eigenvalue weighted by molar-refractivity contribution is 0.0698. The Morgan fingerprint density at radius 3 is 2.67 bits per heavy atom. The normalized spacial score (nSPS) is 10.8. The van der Waals surface area contributed by atoms with Crippen LogP contribution in [0.2, 0.25) is 5.02 Å². The molecule has 122 valence electrons. The van der Waals surface area contributed by atoms with Crippen LogP contribution in [0.1, 0.15) is 10.4 Å². The zero-order chi connectivity index (χ0) is 17.5. The second-order valence-electron chi connectivity index (χ2n) is 4.47. The third kappa shape index (κ3) is 4.19. The summed E-state index contributed by atoms with van der Waals surface area (Å²) in [5.41, 5.74) is 1.28. The lowest BCUT2D eigenvalue weighted by atomic mass is 10.1. The number of nitrogens with one attached hydrogen (secondary N) is 2. The number of carbonyl (C=O) groups is 1. The summed E-state index contributed by atoms with van der Waals surface area (Å²) < 4.78 is 0. The van der Waals surface area contributed by atoms with Gasteiger partial charge in [0.05, 0.1) is 27.6 Å². The first-order valence-electron chi connectivity index (χ1n) is 6.72. The first kappa shape index (κ1) is 17.7. The standard InChI is InChI=1S/C16H13ClN4O2S/c1-24-16(19-9-18)21-13-8-4-5-10(15(22)23)14(13)20-12-7-3-2-6-11(12)17/h2-8,20H,1H3,(H,19,21)(H,22,23). The van der Waals surface area contributed by atoms with Crippen LogP contribution in [0.5, 0.6) is 0 Å². The highest BCUT2D eigenvalue weighted by Crippen LogP contribution is 2.34. The maximum Gasteiger partial charge on any atom is 0.337 e. The number of aliphatic imine (C=N–C) groups is 1. The molecule has 2 aromatic rings. The Morgan fingerprint density at radius 1 is 1.29 bits per heavy atom. The van der Waals surface area contributed by atoms with E-state index in [0.29, 0.717) is 27.3 Å². The van der Waals surface area contributed by atoms with E-state index in [4.69, 9.17) is 16.9 Å². The Balaban J connectivity index is 2.56. The van der Waals surface area contributed by atoms with E-state index in [1.165, 1.54) is 17.8 Å². The SMILES string of the molecule is CSC(=Nc1cccc(C(=O)O)c1Nc1ccccc1Cl)NC#N. The second kappa shape index (κ2) is 8.24. The molecule has 0 heterocycles. The maximum atomic E-state index is 11.5. The van der Waals surface area contributed by atoms with Crippen molar-refractivity contribution < 1.29 is 9.90 Å². The monoisotopic (exact) mass is 360 g/mol. The highest BCUT2D eigenvalue weighted by Gasteiger charge is 2.15. The van der Waals surface area contributed by atoms with Crippen molar-refractivity contribution in [2.75, 3.05) is 11.6 Å². The molecule has 0 amide bonds. The van der Waals surface area contributed by atoms with Crippen LogP contribution in [-0.4, -0.2) is 22.5 Å². The van der Waals surface area contributed by atoms with E-state index in [9.17, 15) is 9.90 Å². The number of halogens is 1. The van der Waals surface area contributed by atoms with Crippen molar-refractivity contribution in [1.29, 1.82) is 5.26 Å². The van der Waals surface area contributed by atoms with Crippen LogP contribution in [0.4, 0.5) is 17.1 Å². The Bertz CT molecular complexity index is 833. The Morgan fingerprint density at radius 2 is 2.04 bits per heavy atom. The number of rotatable bonds is 4. The molecular weight excluding hydrogens is 348 g/mol. The molecule has 0 fully saturated rings. The molecule has 24 heavy (non-hydrogen) atoms. The molecule has 0 aromatic heterocycles. The first-order chi connectivity index (χ1) is 11.6. The zero-order valence-electron chi connectivity index (χ0n) is 12.6. The Kier molecular flexibility index (Phi) is 6.07. The van der Waals surface area contributed by atoms with Crippen LogP contribution in [-0.2, 0) is 0 Å². The highest BCUT2D eigenvalue weighted by molar-refractivity contribution is 8.13. The van der Waals surface area contributed by atoms with Gasteiger partial charge in [-0.25, -0.2) is 9.79 Å². The van der Waals surface area contributed by atoms with Crippen molar-refractivity contribution in [3.63, 3.8) is 0 Å². The molecule has 0 unspecified atom stereocenters. The minimum atomic E-state index is -1.10. The molecule has 6 nitrogen and oxygen atoms in total. The molecule has 0 spiro atoms. The number of carboxylic acid groups (broad SMARTS) is 1. The van der Waals surface area contributed by atoms with Gasteiger partial charge in [0.15, 0.2) is 11.4 Å². The zero-order valence-corrected chi connectivity index (χ0v) is 14.1. The Labute approximate surface area is 148 Å². The number of anilines is 2. The van der Waals surface area contributed by atoms with Crippen LogP contribution in [0.25, 0.3) is 0 Å². The fourth-order valence-electron chi connectivity index (χ4n) is 1.92. The number of amidine groups is 1. The van der Waals surface area contributed by atoms with E-state index in [-0.39, 0.29) is 5.56 Å². The largest absolute Gasteiger partial charge is 0.478 e.